The van der Waals surface area contributed by atoms with E-state index < -0.39 is 0 Å². The summed E-state index contributed by atoms with van der Waals surface area (Å²) in [4.78, 5) is 2.53. The van der Waals surface area contributed by atoms with Gasteiger partial charge in [0.25, 0.3) is 0 Å². The van der Waals surface area contributed by atoms with E-state index in [1.54, 1.807) is 0 Å². The lowest BCUT2D eigenvalue weighted by molar-refractivity contribution is 0.287. The Labute approximate surface area is 102 Å². The predicted molar refractivity (Wildman–Crippen MR) is 72.8 cm³/mol. The van der Waals surface area contributed by atoms with Gasteiger partial charge >= 0.3 is 0 Å². The first-order valence-corrected chi connectivity index (χ1v) is 7.06. The fourth-order valence-corrected chi connectivity index (χ4v) is 2.93. The minimum Gasteiger partial charge on any atom is -0.399 e. The van der Waals surface area contributed by atoms with Crippen molar-refractivity contribution in [3.05, 3.63) is 29.3 Å². The van der Waals surface area contributed by atoms with Crippen LogP contribution in [0.15, 0.2) is 18.2 Å². The molecule has 0 bridgehead atoms. The molecular formula is C13H20N2S. The van der Waals surface area contributed by atoms with Crippen LogP contribution in [0, 0.1) is 6.92 Å². The molecule has 0 atom stereocenters. The van der Waals surface area contributed by atoms with Crippen LogP contribution in [0.5, 0.6) is 0 Å². The first-order valence-electron chi connectivity index (χ1n) is 5.91. The van der Waals surface area contributed by atoms with Crippen molar-refractivity contribution in [1.29, 1.82) is 0 Å². The first-order chi connectivity index (χ1) is 7.75. The molecule has 1 aliphatic heterocycles. The number of nitrogen functional groups attached to an aromatic ring is 1. The number of aryl methyl sites for hydroxylation is 1. The highest BCUT2D eigenvalue weighted by Gasteiger charge is 2.09. The van der Waals surface area contributed by atoms with Crippen molar-refractivity contribution < 1.29 is 0 Å². The van der Waals surface area contributed by atoms with Gasteiger partial charge in [0.1, 0.15) is 0 Å². The van der Waals surface area contributed by atoms with Gasteiger partial charge in [-0.1, -0.05) is 12.1 Å². The van der Waals surface area contributed by atoms with Gasteiger partial charge in [-0.05, 0) is 42.8 Å². The normalized spacial score (nSPS) is 18.3. The summed E-state index contributed by atoms with van der Waals surface area (Å²) in [6.45, 7) is 5.53. The van der Waals surface area contributed by atoms with Crippen molar-refractivity contribution in [2.75, 3.05) is 30.3 Å². The number of nitrogens with two attached hydrogens (primary N) is 1. The van der Waals surface area contributed by atoms with Crippen LogP contribution in [-0.4, -0.2) is 29.5 Å². The Morgan fingerprint density at radius 2 is 2.19 bits per heavy atom. The summed E-state index contributed by atoms with van der Waals surface area (Å²) in [6.07, 6.45) is 1.31. The second kappa shape index (κ2) is 5.60. The minimum absolute atomic E-state index is 0.918. The van der Waals surface area contributed by atoms with E-state index in [4.69, 9.17) is 5.73 Å². The molecule has 0 unspecified atom stereocenters. The standard InChI is InChI=1S/C13H20N2S/c1-11-3-4-12(9-13(11)14)10-15-5-2-7-16-8-6-15/h3-4,9H,2,5-8,10,14H2,1H3. The maximum atomic E-state index is 5.93. The maximum Gasteiger partial charge on any atom is 0.0346 e. The fraction of sp³-hybridized carbons (Fsp3) is 0.538. The van der Waals surface area contributed by atoms with Crippen molar-refractivity contribution in [1.82, 2.24) is 4.90 Å². The van der Waals surface area contributed by atoms with Gasteiger partial charge in [-0.2, -0.15) is 11.8 Å². The molecule has 1 aliphatic rings. The lowest BCUT2D eigenvalue weighted by atomic mass is 10.1. The zero-order valence-electron chi connectivity index (χ0n) is 9.91. The molecule has 88 valence electrons. The molecule has 0 aromatic heterocycles. The molecule has 2 nitrogen and oxygen atoms in total. The maximum absolute atomic E-state index is 5.93. The molecule has 0 aliphatic carbocycles. The third-order valence-electron chi connectivity index (χ3n) is 3.06. The number of rotatable bonds is 2. The lowest BCUT2D eigenvalue weighted by Crippen LogP contribution is -2.25. The van der Waals surface area contributed by atoms with Crippen LogP contribution in [0.3, 0.4) is 0 Å². The highest BCUT2D eigenvalue weighted by molar-refractivity contribution is 7.99. The van der Waals surface area contributed by atoms with Gasteiger partial charge in [0.15, 0.2) is 0 Å². The van der Waals surface area contributed by atoms with E-state index in [9.17, 15) is 0 Å². The highest BCUT2D eigenvalue weighted by Crippen LogP contribution is 2.17. The Hall–Kier alpha value is -0.670. The van der Waals surface area contributed by atoms with Crippen LogP contribution in [0.25, 0.3) is 0 Å². The average Bonchev–Trinajstić information content (AvgIpc) is 2.52. The molecule has 1 saturated heterocycles. The summed E-state index contributed by atoms with van der Waals surface area (Å²) in [5, 5.41) is 0. The van der Waals surface area contributed by atoms with Gasteiger partial charge < -0.3 is 5.73 Å². The van der Waals surface area contributed by atoms with Gasteiger partial charge in [-0.3, -0.25) is 4.90 Å². The number of hydrogen-bond acceptors (Lipinski definition) is 3. The lowest BCUT2D eigenvalue weighted by Gasteiger charge is -2.19. The zero-order valence-corrected chi connectivity index (χ0v) is 10.7. The first kappa shape index (κ1) is 11.8. The summed E-state index contributed by atoms with van der Waals surface area (Å²) in [5.74, 6) is 2.58. The molecule has 1 aromatic carbocycles. The van der Waals surface area contributed by atoms with Crippen LogP contribution in [0.4, 0.5) is 5.69 Å². The number of nitrogens with zero attached hydrogens (tertiary/aromatic N) is 1. The Morgan fingerprint density at radius 3 is 3.00 bits per heavy atom. The second-order valence-electron chi connectivity index (χ2n) is 4.43. The van der Waals surface area contributed by atoms with Crippen LogP contribution >= 0.6 is 11.8 Å². The van der Waals surface area contributed by atoms with Gasteiger partial charge in [0.2, 0.25) is 0 Å². The van der Waals surface area contributed by atoms with E-state index in [1.807, 2.05) is 0 Å². The molecule has 1 heterocycles. The second-order valence-corrected chi connectivity index (χ2v) is 5.66. The highest BCUT2D eigenvalue weighted by atomic mass is 32.2. The monoisotopic (exact) mass is 236 g/mol. The summed E-state index contributed by atoms with van der Waals surface area (Å²) in [7, 11) is 0. The van der Waals surface area contributed by atoms with E-state index in [0.29, 0.717) is 0 Å². The quantitative estimate of drug-likeness (QED) is 0.800. The Bertz CT molecular complexity index is 344. The molecule has 16 heavy (non-hydrogen) atoms. The summed E-state index contributed by atoms with van der Waals surface area (Å²) in [6, 6.07) is 6.44. The molecule has 0 radical (unpaired) electrons. The number of thioether (sulfide) groups is 1. The molecule has 0 saturated carbocycles. The number of anilines is 1. The van der Waals surface area contributed by atoms with Crippen LogP contribution in [0.2, 0.25) is 0 Å². The summed E-state index contributed by atoms with van der Waals surface area (Å²) >= 11 is 2.07. The van der Waals surface area contributed by atoms with E-state index in [0.717, 1.165) is 12.2 Å². The number of benzene rings is 1. The van der Waals surface area contributed by atoms with Crippen molar-refractivity contribution in [3.8, 4) is 0 Å². The van der Waals surface area contributed by atoms with Crippen LogP contribution in [-0.2, 0) is 6.54 Å². The van der Waals surface area contributed by atoms with Crippen molar-refractivity contribution in [2.45, 2.75) is 19.9 Å². The molecule has 2 rings (SSSR count). The Morgan fingerprint density at radius 1 is 1.31 bits per heavy atom. The van der Waals surface area contributed by atoms with Crippen LogP contribution in [0.1, 0.15) is 17.5 Å². The van der Waals surface area contributed by atoms with E-state index in [-0.39, 0.29) is 0 Å². The van der Waals surface area contributed by atoms with E-state index in [1.165, 1.54) is 42.1 Å². The van der Waals surface area contributed by atoms with E-state index >= 15 is 0 Å². The van der Waals surface area contributed by atoms with Gasteiger partial charge in [-0.25, -0.2) is 0 Å². The van der Waals surface area contributed by atoms with Crippen LogP contribution < -0.4 is 5.73 Å². The molecule has 3 heteroatoms. The van der Waals surface area contributed by atoms with Crippen molar-refractivity contribution in [2.24, 2.45) is 0 Å². The average molecular weight is 236 g/mol. The molecule has 2 N–H and O–H groups in total. The van der Waals surface area contributed by atoms with Crippen molar-refractivity contribution >= 4 is 17.4 Å². The third-order valence-corrected chi connectivity index (χ3v) is 4.11. The largest absolute Gasteiger partial charge is 0.399 e. The van der Waals surface area contributed by atoms with Crippen molar-refractivity contribution in [3.63, 3.8) is 0 Å². The third kappa shape index (κ3) is 3.16. The van der Waals surface area contributed by atoms with Gasteiger partial charge in [0, 0.05) is 24.5 Å². The Kier molecular flexibility index (Phi) is 4.13. The molecule has 0 amide bonds. The summed E-state index contributed by atoms with van der Waals surface area (Å²) in [5.41, 5.74) is 9.37. The van der Waals surface area contributed by atoms with Gasteiger partial charge in [-0.15, -0.1) is 0 Å². The summed E-state index contributed by atoms with van der Waals surface area (Å²) < 4.78 is 0. The zero-order chi connectivity index (χ0) is 11.4. The smallest absolute Gasteiger partial charge is 0.0346 e. The van der Waals surface area contributed by atoms with E-state index in [2.05, 4.69) is 41.8 Å². The fourth-order valence-electron chi connectivity index (χ4n) is 2.00. The topological polar surface area (TPSA) is 29.3 Å². The molecule has 0 spiro atoms. The molecular weight excluding hydrogens is 216 g/mol. The minimum atomic E-state index is 0.918. The molecule has 1 fully saturated rings. The van der Waals surface area contributed by atoms with Gasteiger partial charge in [0.05, 0.1) is 0 Å². The number of hydrogen-bond donors (Lipinski definition) is 1. The SMILES string of the molecule is Cc1ccc(CN2CCCSCC2)cc1N. The Balaban J connectivity index is 1.99. The molecule has 1 aromatic rings. The predicted octanol–water partition coefficient (Wildman–Crippen LogP) is 2.52.